The third kappa shape index (κ3) is 6.23. The molecule has 0 unspecified atom stereocenters. The minimum absolute atomic E-state index is 0.0151. The summed E-state index contributed by atoms with van der Waals surface area (Å²) >= 11 is 0. The molecule has 0 spiro atoms. The first-order chi connectivity index (χ1) is 31.0. The van der Waals surface area contributed by atoms with Crippen LogP contribution in [0.3, 0.4) is 0 Å². The Morgan fingerprint density at radius 2 is 0.379 bits per heavy atom. The van der Waals surface area contributed by atoms with Crippen molar-refractivity contribution in [1.82, 2.24) is 0 Å². The molecule has 44 radical (unpaired) electrons. The van der Waals surface area contributed by atoms with Gasteiger partial charge in [0.25, 0.3) is 0 Å². The Hall–Kier alpha value is -4.29. The summed E-state index contributed by atoms with van der Waals surface area (Å²) < 4.78 is 0. The third-order valence-corrected chi connectivity index (χ3v) is 13.0. The topological polar surface area (TPSA) is 0 Å². The smallest absolute Gasteiger partial charge is 0.110 e. The predicted molar refractivity (Wildman–Crippen MR) is 309 cm³/mol. The number of benzene rings is 9. The normalized spacial score (nSPS) is 11.8. The summed E-state index contributed by atoms with van der Waals surface area (Å²) in [5.41, 5.74) is 2.53. The van der Waals surface area contributed by atoms with E-state index < -0.39 is 0 Å². The molecule has 22 heteroatoms. The van der Waals surface area contributed by atoms with Crippen LogP contribution in [0, 0.1) is 0 Å². The van der Waals surface area contributed by atoms with E-state index in [0.717, 1.165) is 5.39 Å². The van der Waals surface area contributed by atoms with Crippen molar-refractivity contribution < 1.29 is 0 Å². The molecule has 9 rings (SSSR count). The lowest BCUT2D eigenvalue weighted by Crippen LogP contribution is -2.53. The van der Waals surface area contributed by atoms with Gasteiger partial charge in [0.05, 0.1) is 0 Å². The number of hydrogen-bond donors (Lipinski definition) is 0. The van der Waals surface area contributed by atoms with Crippen LogP contribution in [-0.4, -0.2) is 173 Å². The highest BCUT2D eigenvalue weighted by Crippen LogP contribution is 2.42. The van der Waals surface area contributed by atoms with Crippen molar-refractivity contribution in [1.29, 1.82) is 0 Å². The number of rotatable bonds is 3. The molecule has 0 aliphatic carbocycles. The van der Waals surface area contributed by atoms with Crippen molar-refractivity contribution in [2.24, 2.45) is 0 Å². The average molecular weight is 772 g/mol. The first-order valence-corrected chi connectivity index (χ1v) is 19.8. The second kappa shape index (κ2) is 16.2. The molecule has 0 atom stereocenters. The maximum Gasteiger partial charge on any atom is 0.113 e. The molecule has 0 N–H and O–H groups in total. The minimum Gasteiger partial charge on any atom is -0.110 e. The second-order valence-corrected chi connectivity index (χ2v) is 16.4. The van der Waals surface area contributed by atoms with E-state index in [-0.39, 0.29) is 164 Å². The molecular formula is C44H6B22. The molecule has 66 heavy (non-hydrogen) atoms. The Morgan fingerprint density at radius 1 is 0.167 bits per heavy atom. The lowest BCUT2D eigenvalue weighted by Gasteiger charge is -2.31. The number of hydrogen-bond acceptors (Lipinski definition) is 0. The molecule has 0 heterocycles. The molecule has 248 valence electrons. The highest BCUT2D eigenvalue weighted by Gasteiger charge is 2.28. The van der Waals surface area contributed by atoms with E-state index in [1.807, 2.05) is 36.4 Å². The van der Waals surface area contributed by atoms with Crippen LogP contribution in [0.25, 0.3) is 87.2 Å². The fourth-order valence-electron chi connectivity index (χ4n) is 9.44. The Morgan fingerprint density at radius 3 is 0.697 bits per heavy atom. The molecule has 0 aliphatic heterocycles. The van der Waals surface area contributed by atoms with Gasteiger partial charge in [0.2, 0.25) is 0 Å². The first-order valence-electron chi connectivity index (χ1n) is 19.8. The van der Waals surface area contributed by atoms with Crippen LogP contribution in [0.4, 0.5) is 0 Å². The summed E-state index contributed by atoms with van der Waals surface area (Å²) in [5.74, 6) is 0. The van der Waals surface area contributed by atoms with E-state index in [4.69, 9.17) is 173 Å². The van der Waals surface area contributed by atoms with Gasteiger partial charge in [0.15, 0.2) is 0 Å². The van der Waals surface area contributed by atoms with Gasteiger partial charge in [-0.15, -0.1) is 54.6 Å². The van der Waals surface area contributed by atoms with Crippen LogP contribution in [-0.2, 0) is 0 Å². The van der Waals surface area contributed by atoms with Gasteiger partial charge >= 0.3 is 0 Å². The zero-order valence-electron chi connectivity index (χ0n) is 35.2. The van der Waals surface area contributed by atoms with Crippen molar-refractivity contribution in [2.75, 3.05) is 0 Å². The van der Waals surface area contributed by atoms with Gasteiger partial charge in [-0.05, 0) is 99.4 Å². The highest BCUT2D eigenvalue weighted by molar-refractivity contribution is 6.76. The van der Waals surface area contributed by atoms with Crippen LogP contribution < -0.4 is 120 Å². The molecule has 0 amide bonds. The van der Waals surface area contributed by atoms with Crippen LogP contribution in [0.2, 0.25) is 0 Å². The largest absolute Gasteiger partial charge is 0.113 e. The molecule has 0 aromatic heterocycles. The van der Waals surface area contributed by atoms with Gasteiger partial charge in [-0.2, -0.15) is 0 Å². The lowest BCUT2D eigenvalue weighted by molar-refractivity contribution is 1.71. The van der Waals surface area contributed by atoms with E-state index in [9.17, 15) is 0 Å². The summed E-state index contributed by atoms with van der Waals surface area (Å²) in [4.78, 5) is 0. The van der Waals surface area contributed by atoms with Gasteiger partial charge < -0.3 is 0 Å². The molecule has 0 saturated heterocycles. The lowest BCUT2D eigenvalue weighted by atomic mass is 9.56. The van der Waals surface area contributed by atoms with E-state index >= 15 is 0 Å². The Balaban J connectivity index is 1.45. The summed E-state index contributed by atoms with van der Waals surface area (Å²) in [6.45, 7) is 0. The van der Waals surface area contributed by atoms with Crippen molar-refractivity contribution in [3.8, 4) is 33.4 Å². The third-order valence-electron chi connectivity index (χ3n) is 13.0. The van der Waals surface area contributed by atoms with Crippen molar-refractivity contribution in [3.63, 3.8) is 0 Å². The fourth-order valence-corrected chi connectivity index (χ4v) is 9.44. The van der Waals surface area contributed by atoms with Gasteiger partial charge in [0.1, 0.15) is 173 Å². The fraction of sp³-hybridized carbons (Fsp3) is 0. The van der Waals surface area contributed by atoms with Gasteiger partial charge in [-0.1, -0.05) is 89.8 Å². The molecular weight excluding hydrogens is 766 g/mol. The molecule has 0 fully saturated rings. The maximum absolute atomic E-state index is 7.03. The van der Waals surface area contributed by atoms with Crippen molar-refractivity contribution >= 4 is 347 Å². The molecule has 0 saturated carbocycles. The average Bonchev–Trinajstić information content (AvgIpc) is 3.30. The molecule has 9 aromatic rings. The molecule has 0 aliphatic rings. The number of fused-ring (bicyclic) bond motifs is 5. The minimum atomic E-state index is -0.0767. The van der Waals surface area contributed by atoms with E-state index in [2.05, 4.69) is 0 Å². The highest BCUT2D eigenvalue weighted by atomic mass is 14.3. The van der Waals surface area contributed by atoms with Crippen molar-refractivity contribution in [3.05, 3.63) is 36.4 Å². The quantitative estimate of drug-likeness (QED) is 0.124. The molecule has 0 nitrogen and oxygen atoms in total. The van der Waals surface area contributed by atoms with Crippen LogP contribution in [0.5, 0.6) is 0 Å². The maximum atomic E-state index is 7.03. The first kappa shape index (κ1) is 46.8. The monoisotopic (exact) mass is 776 g/mol. The van der Waals surface area contributed by atoms with E-state index in [0.29, 0.717) is 38.4 Å². The summed E-state index contributed by atoms with van der Waals surface area (Å²) in [7, 11) is 146. The van der Waals surface area contributed by atoms with Crippen molar-refractivity contribution in [2.45, 2.75) is 0 Å². The zero-order valence-corrected chi connectivity index (χ0v) is 35.2. The SMILES string of the molecule is [B]c1c([B])c([B])c2c(-c3ccc4cc(-c5c6c([B])c([B])c([B])c([B])c6c(-c6c([B])c([B])c([B])c7c([B])c([B])c([B])c([B])c67)c6c([B])c([B])c([B])c([B])c56)ccc4c3)c([B])c([B])c([B])c2c1[B]. The predicted octanol–water partition coefficient (Wildman–Crippen LogP) is -14.1. The summed E-state index contributed by atoms with van der Waals surface area (Å²) in [6.07, 6.45) is 0. The Labute approximate surface area is 413 Å². The van der Waals surface area contributed by atoms with E-state index in [1.165, 1.54) is 0 Å². The Kier molecular flexibility index (Phi) is 11.5. The van der Waals surface area contributed by atoms with Gasteiger partial charge in [-0.25, -0.2) is 0 Å². The van der Waals surface area contributed by atoms with E-state index in [1.54, 1.807) is 0 Å². The summed E-state index contributed by atoms with van der Waals surface area (Å²) in [5, 5.41) is 3.42. The van der Waals surface area contributed by atoms with Crippen LogP contribution in [0.1, 0.15) is 0 Å². The standard InChI is InChI=1S/C44H6B22/c45-23-12(16-21(31(53)35(23)57)33(55)43(65)39(61)26(16)48)10-4-2-7-5-9(3-1-8(7)6-10)11-14-17(28(50)40(62)37(59)24(14)46)13(18-15(11)25(47)38(60)41(63)29(18)51)19-20-22(32(54)36(58)27(19)49)34(56)44(66)42(64)30(20)52/h1-6H. The zero-order chi connectivity index (χ0) is 48.2. The van der Waals surface area contributed by atoms with Crippen LogP contribution in [0.15, 0.2) is 36.4 Å². The summed E-state index contributed by atoms with van der Waals surface area (Å²) in [6, 6.07) is 11.1. The van der Waals surface area contributed by atoms with Gasteiger partial charge in [0, 0.05) is 0 Å². The van der Waals surface area contributed by atoms with Crippen LogP contribution >= 0.6 is 0 Å². The Bertz CT molecular complexity index is 3690. The van der Waals surface area contributed by atoms with Gasteiger partial charge in [-0.3, -0.25) is 0 Å². The molecule has 9 aromatic carbocycles. The molecule has 0 bridgehead atoms. The second-order valence-electron chi connectivity index (χ2n) is 16.4.